The molecule has 0 aliphatic carbocycles. The van der Waals surface area contributed by atoms with Gasteiger partial charge in [-0.05, 0) is 43.5 Å². The Kier molecular flexibility index (Phi) is 5.41. The average Bonchev–Trinajstić information content (AvgIpc) is 3.12. The van der Waals surface area contributed by atoms with Crippen LogP contribution < -0.4 is 5.32 Å². The number of piperidine rings is 1. The second kappa shape index (κ2) is 7.97. The van der Waals surface area contributed by atoms with Crippen molar-refractivity contribution in [3.8, 4) is 17.0 Å². The van der Waals surface area contributed by atoms with E-state index in [0.717, 1.165) is 29.6 Å². The van der Waals surface area contributed by atoms with Crippen LogP contribution in [-0.4, -0.2) is 57.0 Å². The van der Waals surface area contributed by atoms with E-state index in [-0.39, 0.29) is 11.8 Å². The van der Waals surface area contributed by atoms with E-state index >= 15 is 0 Å². The molecular formula is C20H24FN5OS. The van der Waals surface area contributed by atoms with E-state index in [1.165, 1.54) is 0 Å². The number of hydrogen-bond donors (Lipinski definition) is 2. The summed E-state index contributed by atoms with van der Waals surface area (Å²) >= 11 is 1.58. The number of anilines is 1. The van der Waals surface area contributed by atoms with E-state index in [4.69, 9.17) is 0 Å². The molecule has 148 valence electrons. The smallest absolute Gasteiger partial charge is 0.243 e. The maximum absolute atomic E-state index is 14.1. The number of nitrogens with zero attached hydrogens (tertiary/aromatic N) is 4. The quantitative estimate of drug-likeness (QED) is 0.673. The van der Waals surface area contributed by atoms with Gasteiger partial charge in [0, 0.05) is 41.2 Å². The number of thiophene rings is 1. The summed E-state index contributed by atoms with van der Waals surface area (Å²) in [5.41, 5.74) is 1.83. The first kappa shape index (κ1) is 19.0. The molecule has 0 spiro atoms. The highest BCUT2D eigenvalue weighted by molar-refractivity contribution is 7.17. The van der Waals surface area contributed by atoms with Crippen LogP contribution in [0.15, 0.2) is 23.6 Å². The van der Waals surface area contributed by atoms with Crippen LogP contribution in [0.4, 0.5) is 10.3 Å². The largest absolute Gasteiger partial charge is 0.507 e. The van der Waals surface area contributed by atoms with Gasteiger partial charge in [-0.2, -0.15) is 0 Å². The van der Waals surface area contributed by atoms with Crippen molar-refractivity contribution in [2.45, 2.75) is 38.9 Å². The van der Waals surface area contributed by atoms with Gasteiger partial charge in [0.1, 0.15) is 17.6 Å². The standard InChI is InChI=1S/C20H24FN5OS/c1-3-7-26-10-13(21)9-14(11-26)23-20-22-12(2)18(24-25-20)16-4-5-17-15(19(16)27)6-8-28-17/h4-6,8,13-14,27H,3,7,9-11H2,1-2H3,(H,22,23,25)/t13-,14-/m1/s1. The predicted molar refractivity (Wildman–Crippen MR) is 111 cm³/mol. The molecule has 1 saturated heterocycles. The number of rotatable bonds is 5. The Bertz CT molecular complexity index is 978. The molecule has 0 radical (unpaired) electrons. The number of nitrogens with one attached hydrogen (secondary N) is 1. The Morgan fingerprint density at radius 3 is 2.93 bits per heavy atom. The van der Waals surface area contributed by atoms with Crippen LogP contribution in [0.1, 0.15) is 25.5 Å². The van der Waals surface area contributed by atoms with E-state index < -0.39 is 6.17 Å². The summed E-state index contributed by atoms with van der Waals surface area (Å²) in [5, 5.41) is 25.1. The molecule has 28 heavy (non-hydrogen) atoms. The minimum absolute atomic E-state index is 0.0436. The predicted octanol–water partition coefficient (Wildman–Crippen LogP) is 4.00. The minimum Gasteiger partial charge on any atom is -0.507 e. The van der Waals surface area contributed by atoms with Gasteiger partial charge < -0.3 is 10.4 Å². The molecule has 2 aromatic heterocycles. The van der Waals surface area contributed by atoms with E-state index in [1.807, 2.05) is 30.5 Å². The number of fused-ring (bicyclic) bond motifs is 1. The van der Waals surface area contributed by atoms with Crippen LogP contribution in [0.25, 0.3) is 21.3 Å². The summed E-state index contributed by atoms with van der Waals surface area (Å²) in [4.78, 5) is 6.65. The lowest BCUT2D eigenvalue weighted by atomic mass is 10.0. The SMILES string of the molecule is CCCN1C[C@H](F)C[C@@H](Nc2nnc(-c3ccc4sccc4c3O)c(C)n2)C1. The van der Waals surface area contributed by atoms with Crippen molar-refractivity contribution in [2.75, 3.05) is 25.0 Å². The number of phenols is 1. The monoisotopic (exact) mass is 401 g/mol. The molecule has 8 heteroatoms. The molecule has 0 unspecified atom stereocenters. The van der Waals surface area contributed by atoms with Gasteiger partial charge in [0.2, 0.25) is 5.95 Å². The third-order valence-electron chi connectivity index (χ3n) is 5.07. The zero-order valence-corrected chi connectivity index (χ0v) is 16.8. The lowest BCUT2D eigenvalue weighted by Crippen LogP contribution is -2.47. The summed E-state index contributed by atoms with van der Waals surface area (Å²) < 4.78 is 15.1. The molecule has 1 aliphatic rings. The number of alkyl halides is 1. The van der Waals surface area contributed by atoms with Crippen molar-refractivity contribution in [1.82, 2.24) is 20.1 Å². The molecule has 6 nitrogen and oxygen atoms in total. The lowest BCUT2D eigenvalue weighted by Gasteiger charge is -2.34. The third kappa shape index (κ3) is 3.79. The number of aromatic nitrogens is 3. The Balaban J connectivity index is 1.55. The molecule has 0 amide bonds. The number of benzene rings is 1. The number of likely N-dealkylation sites (tertiary alicyclic amines) is 1. The van der Waals surface area contributed by atoms with Crippen molar-refractivity contribution in [3.63, 3.8) is 0 Å². The molecule has 4 rings (SSSR count). The van der Waals surface area contributed by atoms with Crippen LogP contribution >= 0.6 is 11.3 Å². The van der Waals surface area contributed by atoms with Gasteiger partial charge in [-0.3, -0.25) is 4.90 Å². The highest BCUT2D eigenvalue weighted by Crippen LogP contribution is 2.37. The number of aromatic hydroxyl groups is 1. The van der Waals surface area contributed by atoms with Crippen molar-refractivity contribution in [3.05, 3.63) is 29.3 Å². The molecule has 1 fully saturated rings. The van der Waals surface area contributed by atoms with Gasteiger partial charge in [-0.25, -0.2) is 9.37 Å². The van der Waals surface area contributed by atoms with Crippen LogP contribution in [0.2, 0.25) is 0 Å². The van der Waals surface area contributed by atoms with Gasteiger partial charge in [-0.15, -0.1) is 21.5 Å². The van der Waals surface area contributed by atoms with Crippen molar-refractivity contribution >= 4 is 27.4 Å². The summed E-state index contributed by atoms with van der Waals surface area (Å²) in [6.07, 6.45) is 0.601. The third-order valence-corrected chi connectivity index (χ3v) is 5.95. The number of halogens is 1. The maximum Gasteiger partial charge on any atom is 0.243 e. The topological polar surface area (TPSA) is 74.2 Å². The highest BCUT2D eigenvalue weighted by Gasteiger charge is 2.27. The number of phenolic OH excluding ortho intramolecular Hbond substituents is 1. The van der Waals surface area contributed by atoms with Crippen LogP contribution in [0, 0.1) is 6.92 Å². The fourth-order valence-corrected chi connectivity index (χ4v) is 4.63. The van der Waals surface area contributed by atoms with Gasteiger partial charge in [-0.1, -0.05) is 6.92 Å². The van der Waals surface area contributed by atoms with Crippen molar-refractivity contribution in [2.24, 2.45) is 0 Å². The molecule has 3 heterocycles. The van der Waals surface area contributed by atoms with Crippen LogP contribution in [0.5, 0.6) is 5.75 Å². The molecule has 0 saturated carbocycles. The summed E-state index contributed by atoms with van der Waals surface area (Å²) in [6.45, 7) is 6.10. The Morgan fingerprint density at radius 1 is 1.29 bits per heavy atom. The summed E-state index contributed by atoms with van der Waals surface area (Å²) in [6, 6.07) is 5.66. The van der Waals surface area contributed by atoms with E-state index in [2.05, 4.69) is 32.3 Å². The molecule has 2 atom stereocenters. The molecular weight excluding hydrogens is 377 g/mol. The van der Waals surface area contributed by atoms with Crippen LogP contribution in [0.3, 0.4) is 0 Å². The second-order valence-electron chi connectivity index (χ2n) is 7.30. The van der Waals surface area contributed by atoms with E-state index in [0.29, 0.717) is 35.9 Å². The van der Waals surface area contributed by atoms with Gasteiger partial charge in [0.25, 0.3) is 0 Å². The van der Waals surface area contributed by atoms with E-state index in [9.17, 15) is 9.50 Å². The van der Waals surface area contributed by atoms with Crippen LogP contribution in [-0.2, 0) is 0 Å². The summed E-state index contributed by atoms with van der Waals surface area (Å²) in [5.74, 6) is 0.592. The lowest BCUT2D eigenvalue weighted by molar-refractivity contribution is 0.129. The van der Waals surface area contributed by atoms with Gasteiger partial charge in [0.15, 0.2) is 0 Å². The second-order valence-corrected chi connectivity index (χ2v) is 8.25. The maximum atomic E-state index is 14.1. The van der Waals surface area contributed by atoms with E-state index in [1.54, 1.807) is 11.3 Å². The van der Waals surface area contributed by atoms with Crippen molar-refractivity contribution < 1.29 is 9.50 Å². The minimum atomic E-state index is -0.847. The van der Waals surface area contributed by atoms with Crippen molar-refractivity contribution in [1.29, 1.82) is 0 Å². The Hall–Kier alpha value is -2.32. The first-order valence-corrected chi connectivity index (χ1v) is 10.5. The fraction of sp³-hybridized carbons (Fsp3) is 0.450. The molecule has 3 aromatic rings. The first-order chi connectivity index (χ1) is 13.5. The normalized spacial score (nSPS) is 20.5. The van der Waals surface area contributed by atoms with Gasteiger partial charge in [0.05, 0.1) is 5.69 Å². The Morgan fingerprint density at radius 2 is 2.14 bits per heavy atom. The zero-order valence-electron chi connectivity index (χ0n) is 16.0. The first-order valence-electron chi connectivity index (χ1n) is 9.59. The molecule has 0 bridgehead atoms. The molecule has 2 N–H and O–H groups in total. The molecule has 1 aromatic carbocycles. The Labute approximate surface area is 167 Å². The fourth-order valence-electron chi connectivity index (χ4n) is 3.84. The number of aryl methyl sites for hydroxylation is 1. The highest BCUT2D eigenvalue weighted by atomic mass is 32.1. The molecule has 1 aliphatic heterocycles. The summed E-state index contributed by atoms with van der Waals surface area (Å²) in [7, 11) is 0. The average molecular weight is 402 g/mol. The number of hydrogen-bond acceptors (Lipinski definition) is 7. The zero-order chi connectivity index (χ0) is 19.7. The van der Waals surface area contributed by atoms with Gasteiger partial charge >= 0.3 is 0 Å².